The van der Waals surface area contributed by atoms with Crippen molar-refractivity contribution in [3.8, 4) is 11.3 Å². The van der Waals surface area contributed by atoms with Crippen molar-refractivity contribution in [2.45, 2.75) is 6.92 Å². The zero-order valence-electron chi connectivity index (χ0n) is 13.0. The average molecular weight is 338 g/mol. The first kappa shape index (κ1) is 16.1. The van der Waals surface area contributed by atoms with Crippen LogP contribution in [-0.4, -0.2) is 10.9 Å². The molecule has 0 aliphatic rings. The molecule has 3 nitrogen and oxygen atoms in total. The van der Waals surface area contributed by atoms with Gasteiger partial charge in [0.1, 0.15) is 5.82 Å². The Bertz CT molecular complexity index is 870. The van der Waals surface area contributed by atoms with Gasteiger partial charge in [-0.25, -0.2) is 9.37 Å². The first-order chi connectivity index (χ1) is 11.6. The molecule has 0 fully saturated rings. The number of benzene rings is 2. The minimum atomic E-state index is -0.302. The first-order valence-corrected chi connectivity index (χ1v) is 8.21. The molecule has 0 spiro atoms. The van der Waals surface area contributed by atoms with Crippen LogP contribution in [0.25, 0.3) is 17.3 Å². The Hall–Kier alpha value is -2.79. The number of amides is 1. The van der Waals surface area contributed by atoms with E-state index in [2.05, 4.69) is 10.3 Å². The second kappa shape index (κ2) is 7.19. The highest BCUT2D eigenvalue weighted by molar-refractivity contribution is 7.16. The van der Waals surface area contributed by atoms with Crippen LogP contribution in [0.15, 0.2) is 60.7 Å². The van der Waals surface area contributed by atoms with Crippen LogP contribution >= 0.6 is 11.3 Å². The van der Waals surface area contributed by atoms with Crippen molar-refractivity contribution in [1.82, 2.24) is 4.98 Å². The molecular weight excluding hydrogens is 323 g/mol. The Morgan fingerprint density at radius 1 is 1.12 bits per heavy atom. The number of nitrogens with one attached hydrogen (secondary N) is 1. The number of rotatable bonds is 4. The topological polar surface area (TPSA) is 42.0 Å². The van der Waals surface area contributed by atoms with Gasteiger partial charge in [-0.1, -0.05) is 42.5 Å². The van der Waals surface area contributed by atoms with E-state index in [-0.39, 0.29) is 11.7 Å². The molecule has 3 rings (SSSR count). The van der Waals surface area contributed by atoms with Gasteiger partial charge in [0.05, 0.1) is 5.69 Å². The molecular formula is C19H15FN2OS. The van der Waals surface area contributed by atoms with E-state index >= 15 is 0 Å². The Morgan fingerprint density at radius 3 is 2.54 bits per heavy atom. The molecule has 3 aromatic rings. The largest absolute Gasteiger partial charge is 0.298 e. The molecule has 0 radical (unpaired) electrons. The van der Waals surface area contributed by atoms with Crippen molar-refractivity contribution >= 4 is 28.5 Å². The second-order valence-electron chi connectivity index (χ2n) is 5.16. The van der Waals surface area contributed by atoms with E-state index in [9.17, 15) is 9.18 Å². The van der Waals surface area contributed by atoms with Crippen molar-refractivity contribution in [2.75, 3.05) is 5.32 Å². The van der Waals surface area contributed by atoms with Gasteiger partial charge in [-0.15, -0.1) is 11.3 Å². The number of aryl methyl sites for hydroxylation is 1. The average Bonchev–Trinajstić information content (AvgIpc) is 2.95. The normalized spacial score (nSPS) is 10.9. The maximum absolute atomic E-state index is 12.8. The molecule has 0 saturated carbocycles. The van der Waals surface area contributed by atoms with Crippen LogP contribution in [0.2, 0.25) is 0 Å². The van der Waals surface area contributed by atoms with Gasteiger partial charge in [0.2, 0.25) is 5.91 Å². The number of nitrogens with zero attached hydrogens (tertiary/aromatic N) is 1. The molecule has 1 N–H and O–H groups in total. The maximum atomic E-state index is 12.8. The van der Waals surface area contributed by atoms with Crippen LogP contribution < -0.4 is 5.32 Å². The standard InChI is InChI=1S/C19H15FN2OS/c1-13-18(15-5-3-2-4-6-15)22-19(24-13)21-17(23)12-9-14-7-10-16(20)11-8-14/h2-12H,1H3,(H,21,22,23). The van der Waals surface area contributed by atoms with E-state index in [1.54, 1.807) is 18.2 Å². The van der Waals surface area contributed by atoms with Crippen LogP contribution in [0.4, 0.5) is 9.52 Å². The SMILES string of the molecule is Cc1sc(NC(=O)C=Cc2ccc(F)cc2)nc1-c1ccccc1. The highest BCUT2D eigenvalue weighted by atomic mass is 32.1. The summed E-state index contributed by atoms with van der Waals surface area (Å²) in [6.45, 7) is 1.98. The van der Waals surface area contributed by atoms with E-state index in [0.717, 1.165) is 21.7 Å². The Morgan fingerprint density at radius 2 is 1.83 bits per heavy atom. The Balaban J connectivity index is 1.70. The Kier molecular flexibility index (Phi) is 4.82. The Labute approximate surface area is 143 Å². The maximum Gasteiger partial charge on any atom is 0.250 e. The lowest BCUT2D eigenvalue weighted by molar-refractivity contribution is -0.111. The summed E-state index contributed by atoms with van der Waals surface area (Å²) in [5.74, 6) is -0.573. The summed E-state index contributed by atoms with van der Waals surface area (Å²) in [6.07, 6.45) is 3.04. The number of carbonyl (C=O) groups excluding carboxylic acids is 1. The molecule has 0 saturated heterocycles. The van der Waals surface area contributed by atoms with Crippen LogP contribution in [0, 0.1) is 12.7 Å². The van der Waals surface area contributed by atoms with Crippen molar-refractivity contribution < 1.29 is 9.18 Å². The minimum Gasteiger partial charge on any atom is -0.298 e. The highest BCUT2D eigenvalue weighted by Gasteiger charge is 2.10. The molecule has 0 atom stereocenters. The van der Waals surface area contributed by atoms with E-state index in [1.807, 2.05) is 37.3 Å². The van der Waals surface area contributed by atoms with Gasteiger partial charge in [-0.2, -0.15) is 0 Å². The molecule has 1 aromatic heterocycles. The summed E-state index contributed by atoms with van der Waals surface area (Å²) in [6, 6.07) is 15.8. The predicted molar refractivity (Wildman–Crippen MR) is 96.4 cm³/mol. The van der Waals surface area contributed by atoms with Crippen LogP contribution in [0.1, 0.15) is 10.4 Å². The molecule has 2 aromatic carbocycles. The number of hydrogen-bond acceptors (Lipinski definition) is 3. The van der Waals surface area contributed by atoms with Gasteiger partial charge < -0.3 is 0 Å². The van der Waals surface area contributed by atoms with Crippen molar-refractivity contribution in [3.63, 3.8) is 0 Å². The smallest absolute Gasteiger partial charge is 0.250 e. The fraction of sp³-hybridized carbons (Fsp3) is 0.0526. The molecule has 1 heterocycles. The summed E-state index contributed by atoms with van der Waals surface area (Å²) in [5.41, 5.74) is 2.65. The van der Waals surface area contributed by atoms with Gasteiger partial charge in [-0.3, -0.25) is 10.1 Å². The number of halogens is 1. The van der Waals surface area contributed by atoms with Crippen LogP contribution in [0.5, 0.6) is 0 Å². The lowest BCUT2D eigenvalue weighted by Gasteiger charge is -1.97. The monoisotopic (exact) mass is 338 g/mol. The van der Waals surface area contributed by atoms with E-state index in [4.69, 9.17) is 0 Å². The van der Waals surface area contributed by atoms with Gasteiger partial charge in [0.25, 0.3) is 0 Å². The van der Waals surface area contributed by atoms with Crippen molar-refractivity contribution in [2.24, 2.45) is 0 Å². The third-order valence-corrected chi connectivity index (χ3v) is 4.26. The quantitative estimate of drug-likeness (QED) is 0.687. The molecule has 0 unspecified atom stereocenters. The molecule has 1 amide bonds. The molecule has 0 aliphatic carbocycles. The van der Waals surface area contributed by atoms with E-state index < -0.39 is 0 Å². The first-order valence-electron chi connectivity index (χ1n) is 7.39. The van der Waals surface area contributed by atoms with Crippen molar-refractivity contribution in [3.05, 3.63) is 76.9 Å². The lowest BCUT2D eigenvalue weighted by Crippen LogP contribution is -2.07. The minimum absolute atomic E-state index is 0.271. The molecule has 0 aliphatic heterocycles. The summed E-state index contributed by atoms with van der Waals surface area (Å²) in [5, 5.41) is 3.32. The summed E-state index contributed by atoms with van der Waals surface area (Å²) < 4.78 is 12.8. The van der Waals surface area contributed by atoms with Crippen LogP contribution in [0.3, 0.4) is 0 Å². The number of carbonyl (C=O) groups is 1. The number of anilines is 1. The predicted octanol–water partition coefficient (Wildman–Crippen LogP) is 4.91. The fourth-order valence-corrected chi connectivity index (χ4v) is 3.05. The zero-order chi connectivity index (χ0) is 16.9. The van der Waals surface area contributed by atoms with Gasteiger partial charge in [0.15, 0.2) is 5.13 Å². The molecule has 24 heavy (non-hydrogen) atoms. The highest BCUT2D eigenvalue weighted by Crippen LogP contribution is 2.30. The number of aromatic nitrogens is 1. The lowest BCUT2D eigenvalue weighted by atomic mass is 10.1. The van der Waals surface area contributed by atoms with E-state index in [0.29, 0.717) is 5.13 Å². The zero-order valence-corrected chi connectivity index (χ0v) is 13.8. The van der Waals surface area contributed by atoms with Gasteiger partial charge in [-0.05, 0) is 30.7 Å². The van der Waals surface area contributed by atoms with Gasteiger partial charge in [0, 0.05) is 16.5 Å². The van der Waals surface area contributed by atoms with Crippen molar-refractivity contribution in [1.29, 1.82) is 0 Å². The second-order valence-corrected chi connectivity index (χ2v) is 6.37. The fourth-order valence-electron chi connectivity index (χ4n) is 2.21. The van der Waals surface area contributed by atoms with Crippen LogP contribution in [-0.2, 0) is 4.79 Å². The summed E-state index contributed by atoms with van der Waals surface area (Å²) in [4.78, 5) is 17.5. The summed E-state index contributed by atoms with van der Waals surface area (Å²) >= 11 is 1.43. The molecule has 120 valence electrons. The number of thiazole rings is 1. The number of hydrogen-bond donors (Lipinski definition) is 1. The third-order valence-electron chi connectivity index (χ3n) is 3.37. The summed E-state index contributed by atoms with van der Waals surface area (Å²) in [7, 11) is 0. The molecule has 0 bridgehead atoms. The third kappa shape index (κ3) is 3.94. The van der Waals surface area contributed by atoms with E-state index in [1.165, 1.54) is 29.5 Å². The molecule has 5 heteroatoms. The van der Waals surface area contributed by atoms with Gasteiger partial charge >= 0.3 is 0 Å².